The number of imide groups is 2. The summed E-state index contributed by atoms with van der Waals surface area (Å²) in [4.78, 5) is 86.3. The van der Waals surface area contributed by atoms with E-state index in [9.17, 15) is 29.1 Å². The van der Waals surface area contributed by atoms with E-state index >= 15 is 0 Å². The van der Waals surface area contributed by atoms with Crippen LogP contribution in [0.3, 0.4) is 0 Å². The minimum atomic E-state index is -1.00. The van der Waals surface area contributed by atoms with Gasteiger partial charge in [-0.25, -0.2) is 19.3 Å². The Labute approximate surface area is 356 Å². The number of nitrogens with one attached hydrogen (secondary N) is 2. The van der Waals surface area contributed by atoms with Gasteiger partial charge in [0.2, 0.25) is 17.8 Å². The van der Waals surface area contributed by atoms with Gasteiger partial charge in [-0.1, -0.05) is 19.1 Å². The molecule has 3 aromatic heterocycles. The number of aryl methyl sites for hydroxylation is 1. The van der Waals surface area contributed by atoms with E-state index in [1.54, 1.807) is 22.9 Å². The summed E-state index contributed by atoms with van der Waals surface area (Å²) in [5, 5.41) is 17.2. The quantitative estimate of drug-likeness (QED) is 0.130. The molecule has 3 fully saturated rings. The molecule has 4 aliphatic heterocycles. The third-order valence-electron chi connectivity index (χ3n) is 13.1. The molecule has 1 aliphatic carbocycles. The zero-order valence-corrected chi connectivity index (χ0v) is 34.4. The van der Waals surface area contributed by atoms with Crippen LogP contribution in [-0.4, -0.2) is 115 Å². The average Bonchev–Trinajstić information content (AvgIpc) is 3.84. The van der Waals surface area contributed by atoms with E-state index in [4.69, 9.17) is 9.97 Å². The van der Waals surface area contributed by atoms with Gasteiger partial charge in [-0.2, -0.15) is 4.98 Å². The van der Waals surface area contributed by atoms with Crippen molar-refractivity contribution < 1.29 is 24.3 Å². The van der Waals surface area contributed by atoms with E-state index in [1.807, 2.05) is 37.3 Å². The largest absolute Gasteiger partial charge is 0.384 e. The lowest BCUT2D eigenvalue weighted by atomic mass is 9.98. The topological polar surface area (TPSA) is 191 Å². The van der Waals surface area contributed by atoms with Crippen molar-refractivity contribution in [2.75, 3.05) is 60.9 Å². The molecule has 62 heavy (non-hydrogen) atoms. The van der Waals surface area contributed by atoms with Crippen molar-refractivity contribution in [3.8, 4) is 5.82 Å². The third-order valence-corrected chi connectivity index (χ3v) is 13.1. The molecule has 1 unspecified atom stereocenters. The molecular weight excluding hydrogens is 791 g/mol. The predicted molar refractivity (Wildman–Crippen MR) is 231 cm³/mol. The molecule has 0 bridgehead atoms. The van der Waals surface area contributed by atoms with E-state index < -0.39 is 35.3 Å². The second-order valence-electron chi connectivity index (χ2n) is 16.9. The molecule has 2 aromatic carbocycles. The Balaban J connectivity index is 0.744. The normalized spacial score (nSPS) is 21.6. The second-order valence-corrected chi connectivity index (χ2v) is 16.9. The van der Waals surface area contributed by atoms with Crippen molar-refractivity contribution >= 4 is 57.7 Å². The van der Waals surface area contributed by atoms with Crippen LogP contribution in [-0.2, 0) is 28.2 Å². The maximum absolute atomic E-state index is 13.5. The molecule has 0 saturated carbocycles. The third kappa shape index (κ3) is 6.71. The van der Waals surface area contributed by atoms with Crippen LogP contribution in [0.15, 0.2) is 78.2 Å². The van der Waals surface area contributed by atoms with Gasteiger partial charge in [0.15, 0.2) is 11.5 Å². The Morgan fingerprint density at radius 3 is 2.40 bits per heavy atom. The zero-order chi connectivity index (χ0) is 42.9. The van der Waals surface area contributed by atoms with Gasteiger partial charge in [0.05, 0.1) is 23.4 Å². The number of aliphatic hydroxyl groups is 1. The number of carbonyl (C=O) groups is 4. The highest BCUT2D eigenvalue weighted by molar-refractivity contribution is 6.23. The van der Waals surface area contributed by atoms with E-state index in [-0.39, 0.29) is 30.5 Å². The average molecular weight is 838 g/mol. The fourth-order valence-corrected chi connectivity index (χ4v) is 9.60. The molecule has 0 spiro atoms. The van der Waals surface area contributed by atoms with Gasteiger partial charge in [-0.3, -0.25) is 39.1 Å². The minimum absolute atomic E-state index is 0.0857. The SMILES string of the molecule is C=CCn1c(=O)c2cnc(Nc3ccc(N4CC(CN5CCN(c6ccc7c(c6)C(=O)N(C6CCC(=O)NC6=O)C7=O)CC5)C4)cc3)nc2n1-c1ccc2c(n1)[C@@](O)(CC)CC2. The molecule has 3 N–H and O–H groups in total. The Morgan fingerprint density at radius 2 is 1.66 bits per heavy atom. The van der Waals surface area contributed by atoms with Crippen molar-refractivity contribution in [3.05, 3.63) is 106 Å². The van der Waals surface area contributed by atoms with Crippen LogP contribution in [0.5, 0.6) is 0 Å². The summed E-state index contributed by atoms with van der Waals surface area (Å²) in [6.07, 6.45) is 5.31. The first-order chi connectivity index (χ1) is 30.0. The molecular formula is C45H47N11O6. The Kier molecular flexibility index (Phi) is 9.74. The van der Waals surface area contributed by atoms with Gasteiger partial charge in [-0.05, 0) is 79.8 Å². The van der Waals surface area contributed by atoms with Crippen LogP contribution < -0.4 is 26.0 Å². The summed E-state index contributed by atoms with van der Waals surface area (Å²) < 4.78 is 3.22. The number of nitrogens with zero attached hydrogens (tertiary/aromatic N) is 9. The lowest BCUT2D eigenvalue weighted by molar-refractivity contribution is -0.136. The highest BCUT2D eigenvalue weighted by Crippen LogP contribution is 2.39. The predicted octanol–water partition coefficient (Wildman–Crippen LogP) is 3.11. The van der Waals surface area contributed by atoms with Crippen LogP contribution in [0.2, 0.25) is 0 Å². The Bertz CT molecular complexity index is 2730. The van der Waals surface area contributed by atoms with Crippen LogP contribution in [0, 0.1) is 5.92 Å². The molecule has 5 aliphatic rings. The molecule has 0 radical (unpaired) electrons. The highest BCUT2D eigenvalue weighted by Gasteiger charge is 2.45. The molecule has 2 atom stereocenters. The van der Waals surface area contributed by atoms with Crippen molar-refractivity contribution in [2.24, 2.45) is 5.92 Å². The smallest absolute Gasteiger partial charge is 0.278 e. The number of pyridine rings is 1. The van der Waals surface area contributed by atoms with Crippen molar-refractivity contribution in [1.82, 2.24) is 39.4 Å². The molecule has 3 saturated heterocycles. The minimum Gasteiger partial charge on any atom is -0.384 e. The van der Waals surface area contributed by atoms with Crippen molar-refractivity contribution in [2.45, 2.75) is 57.2 Å². The number of benzene rings is 2. The fourth-order valence-electron chi connectivity index (χ4n) is 9.60. The van der Waals surface area contributed by atoms with E-state index in [1.165, 1.54) is 10.9 Å². The summed E-state index contributed by atoms with van der Waals surface area (Å²) in [6.45, 7) is 12.2. The van der Waals surface area contributed by atoms with Crippen molar-refractivity contribution in [1.29, 1.82) is 0 Å². The molecule has 17 nitrogen and oxygen atoms in total. The number of piperazine rings is 1. The first kappa shape index (κ1) is 39.4. The molecule has 10 rings (SSSR count). The van der Waals surface area contributed by atoms with Crippen LogP contribution >= 0.6 is 0 Å². The Hall–Kier alpha value is -6.72. The van der Waals surface area contributed by atoms with Crippen LogP contribution in [0.1, 0.15) is 64.6 Å². The summed E-state index contributed by atoms with van der Waals surface area (Å²) in [5.74, 6) is -0.642. The van der Waals surface area contributed by atoms with E-state index in [0.717, 1.165) is 79.8 Å². The summed E-state index contributed by atoms with van der Waals surface area (Å²) in [6, 6.07) is 16.3. The number of rotatable bonds is 11. The number of anilines is 4. The lowest BCUT2D eigenvalue weighted by Crippen LogP contribution is -2.55. The lowest BCUT2D eigenvalue weighted by Gasteiger charge is -2.45. The highest BCUT2D eigenvalue weighted by atomic mass is 16.3. The first-order valence-corrected chi connectivity index (χ1v) is 21.3. The molecule has 5 aromatic rings. The van der Waals surface area contributed by atoms with Gasteiger partial charge < -0.3 is 20.2 Å². The molecule has 318 valence electrons. The maximum atomic E-state index is 13.5. The standard InChI is InChI=1S/C45H47N11O6/c1-3-17-54-41(59)34-23-46-44(50-39(34)56(54)36-13-5-28-15-16-45(62,4-2)38(28)48-36)47-29-6-8-30(9-7-29)53-25-27(26-53)24-51-18-20-52(21-19-51)31-10-11-32-33(22-31)43(61)55(42(32)60)35-12-14-37(57)49-40(35)58/h3,5-11,13,22-23,27,35,62H,1,4,12,14-21,24-26H2,2H3,(H,46,47,50)(H,49,57,58)/t35?,45-/m1/s1. The zero-order valence-electron chi connectivity index (χ0n) is 34.4. The number of aromatic nitrogens is 5. The molecule has 17 heteroatoms. The summed E-state index contributed by atoms with van der Waals surface area (Å²) in [7, 11) is 0. The van der Waals surface area contributed by atoms with E-state index in [0.29, 0.717) is 52.8 Å². The van der Waals surface area contributed by atoms with Gasteiger partial charge in [0, 0.05) is 81.4 Å². The summed E-state index contributed by atoms with van der Waals surface area (Å²) >= 11 is 0. The summed E-state index contributed by atoms with van der Waals surface area (Å²) in [5.41, 5.74) is 4.18. The number of carbonyl (C=O) groups excluding carboxylic acids is 4. The monoisotopic (exact) mass is 837 g/mol. The Morgan fingerprint density at radius 1 is 0.903 bits per heavy atom. The number of amides is 4. The van der Waals surface area contributed by atoms with Gasteiger partial charge in [0.1, 0.15) is 17.0 Å². The van der Waals surface area contributed by atoms with Gasteiger partial charge in [-0.15, -0.1) is 6.58 Å². The van der Waals surface area contributed by atoms with Gasteiger partial charge in [0.25, 0.3) is 17.4 Å². The van der Waals surface area contributed by atoms with Crippen molar-refractivity contribution in [3.63, 3.8) is 0 Å². The van der Waals surface area contributed by atoms with E-state index in [2.05, 4.69) is 49.0 Å². The molecule has 7 heterocycles. The number of hydrogen-bond donors (Lipinski definition) is 3. The first-order valence-electron chi connectivity index (χ1n) is 21.3. The fraction of sp³-hybridized carbons (Fsp3) is 0.378. The van der Waals surface area contributed by atoms with Gasteiger partial charge >= 0.3 is 0 Å². The number of hydrogen-bond acceptors (Lipinski definition) is 13. The van der Waals surface area contributed by atoms with Crippen LogP contribution in [0.25, 0.3) is 16.9 Å². The maximum Gasteiger partial charge on any atom is 0.278 e. The number of fused-ring (bicyclic) bond motifs is 3. The molecule has 4 amide bonds. The number of allylic oxidation sites excluding steroid dienone is 1. The second kappa shape index (κ2) is 15.3. The van der Waals surface area contributed by atoms with Crippen LogP contribution in [0.4, 0.5) is 23.0 Å². The number of piperidine rings is 1.